The quantitative estimate of drug-likeness (QED) is 0.400. The number of ether oxygens (including phenoxy) is 2. The zero-order valence-electron chi connectivity index (χ0n) is 19.2. The number of hydrogen-bond acceptors (Lipinski definition) is 7. The van der Waals surface area contributed by atoms with E-state index in [0.717, 1.165) is 39.1 Å². The first-order chi connectivity index (χ1) is 16.0. The van der Waals surface area contributed by atoms with Gasteiger partial charge in [-0.2, -0.15) is 11.8 Å². The van der Waals surface area contributed by atoms with E-state index in [1.165, 1.54) is 0 Å². The standard InChI is InChI=1S/C26H29NO4S2/c1-4-32-13-11-31-26(29)23-16(2)27-19-14-17(18-8-5-6-9-21(18)30-3)15-20(28)24(19)25(23)22-10-7-12-33-22/h5-10,12,17,25,27H,4,11,13-15H2,1-3H3. The second-order valence-electron chi connectivity index (χ2n) is 8.11. The minimum Gasteiger partial charge on any atom is -0.496 e. The highest BCUT2D eigenvalue weighted by Crippen LogP contribution is 2.47. The largest absolute Gasteiger partial charge is 0.496 e. The molecule has 7 heteroatoms. The molecule has 0 saturated carbocycles. The lowest BCUT2D eigenvalue weighted by Gasteiger charge is -2.36. The molecule has 0 saturated heterocycles. The van der Waals surface area contributed by atoms with Gasteiger partial charge in [-0.15, -0.1) is 11.3 Å². The van der Waals surface area contributed by atoms with Gasteiger partial charge in [-0.25, -0.2) is 4.79 Å². The summed E-state index contributed by atoms with van der Waals surface area (Å²) in [5, 5.41) is 5.39. The number of hydrogen-bond donors (Lipinski definition) is 1. The third-order valence-electron chi connectivity index (χ3n) is 6.12. The summed E-state index contributed by atoms with van der Waals surface area (Å²) in [6.07, 6.45) is 1.08. The Morgan fingerprint density at radius 3 is 2.76 bits per heavy atom. The Balaban J connectivity index is 1.68. The van der Waals surface area contributed by atoms with E-state index in [2.05, 4.69) is 12.2 Å². The van der Waals surface area contributed by atoms with Crippen LogP contribution in [0, 0.1) is 0 Å². The average molecular weight is 484 g/mol. The van der Waals surface area contributed by atoms with Crippen molar-refractivity contribution in [1.82, 2.24) is 5.32 Å². The van der Waals surface area contributed by atoms with Gasteiger partial charge in [-0.05, 0) is 42.2 Å². The molecule has 0 amide bonds. The SMILES string of the molecule is CCSCCOC(=O)C1=C(C)NC2=C(C(=O)CC(c3ccccc3OC)C2)C1c1cccs1. The van der Waals surface area contributed by atoms with E-state index < -0.39 is 5.92 Å². The van der Waals surface area contributed by atoms with E-state index in [1.54, 1.807) is 30.2 Å². The van der Waals surface area contributed by atoms with Gasteiger partial charge in [-0.3, -0.25) is 4.79 Å². The van der Waals surface area contributed by atoms with Crippen LogP contribution < -0.4 is 10.1 Å². The van der Waals surface area contributed by atoms with E-state index in [0.29, 0.717) is 30.6 Å². The lowest BCUT2D eigenvalue weighted by molar-refractivity contribution is -0.138. The number of esters is 1. The molecule has 0 spiro atoms. The summed E-state index contributed by atoms with van der Waals surface area (Å²) < 4.78 is 11.2. The summed E-state index contributed by atoms with van der Waals surface area (Å²) in [7, 11) is 1.66. The molecular weight excluding hydrogens is 454 g/mol. The highest BCUT2D eigenvalue weighted by Gasteiger charge is 2.42. The van der Waals surface area contributed by atoms with E-state index in [1.807, 2.05) is 48.7 Å². The van der Waals surface area contributed by atoms with Gasteiger partial charge in [0.2, 0.25) is 0 Å². The van der Waals surface area contributed by atoms with E-state index in [4.69, 9.17) is 9.47 Å². The topological polar surface area (TPSA) is 64.6 Å². The Kier molecular flexibility index (Phi) is 7.60. The number of Topliss-reactive ketones (excluding diaryl/α,β-unsaturated/α-hetero) is 1. The number of thioether (sulfide) groups is 1. The molecule has 2 unspecified atom stereocenters. The molecular formula is C26H29NO4S2. The molecule has 1 aromatic carbocycles. The van der Waals surface area contributed by atoms with Gasteiger partial charge in [-0.1, -0.05) is 31.2 Å². The predicted molar refractivity (Wildman–Crippen MR) is 134 cm³/mol. The van der Waals surface area contributed by atoms with Crippen LogP contribution in [0.3, 0.4) is 0 Å². The van der Waals surface area contributed by atoms with Crippen molar-refractivity contribution >= 4 is 34.9 Å². The highest BCUT2D eigenvalue weighted by atomic mass is 32.2. The van der Waals surface area contributed by atoms with Crippen molar-refractivity contribution < 1.29 is 19.1 Å². The van der Waals surface area contributed by atoms with Crippen molar-refractivity contribution in [2.45, 2.75) is 38.5 Å². The molecule has 2 aromatic rings. The number of methoxy groups -OCH3 is 1. The maximum Gasteiger partial charge on any atom is 0.336 e. The normalized spacial score (nSPS) is 20.4. The molecule has 0 bridgehead atoms. The number of ketones is 1. The molecule has 1 aliphatic carbocycles. The number of para-hydroxylation sites is 1. The number of rotatable bonds is 8. The van der Waals surface area contributed by atoms with Crippen molar-refractivity contribution in [2.75, 3.05) is 25.2 Å². The number of carbonyl (C=O) groups is 2. The monoisotopic (exact) mass is 483 g/mol. The second-order valence-corrected chi connectivity index (χ2v) is 10.5. The molecule has 0 radical (unpaired) electrons. The minimum absolute atomic E-state index is 0.0243. The molecule has 1 aliphatic heterocycles. The smallest absolute Gasteiger partial charge is 0.336 e. The summed E-state index contributed by atoms with van der Waals surface area (Å²) in [6, 6.07) is 11.8. The summed E-state index contributed by atoms with van der Waals surface area (Å²) >= 11 is 3.30. The molecule has 2 atom stereocenters. The summed E-state index contributed by atoms with van der Waals surface area (Å²) in [6.45, 7) is 4.35. The molecule has 174 valence electrons. The maximum absolute atomic E-state index is 13.6. The zero-order valence-corrected chi connectivity index (χ0v) is 20.8. The molecule has 0 fully saturated rings. The number of carbonyl (C=O) groups excluding carboxylic acids is 2. The van der Waals surface area contributed by atoms with Gasteiger partial charge in [0.1, 0.15) is 12.4 Å². The average Bonchev–Trinajstić information content (AvgIpc) is 3.35. The first-order valence-corrected chi connectivity index (χ1v) is 13.2. The first-order valence-electron chi connectivity index (χ1n) is 11.2. The van der Waals surface area contributed by atoms with Crippen LogP contribution >= 0.6 is 23.1 Å². The van der Waals surface area contributed by atoms with Gasteiger partial charge in [0.15, 0.2) is 5.78 Å². The second kappa shape index (κ2) is 10.6. The molecule has 4 rings (SSSR count). The lowest BCUT2D eigenvalue weighted by Crippen LogP contribution is -2.36. The molecule has 1 N–H and O–H groups in total. The van der Waals surface area contributed by atoms with E-state index >= 15 is 0 Å². The Morgan fingerprint density at radius 2 is 2.03 bits per heavy atom. The third kappa shape index (κ3) is 4.89. The van der Waals surface area contributed by atoms with Gasteiger partial charge in [0.05, 0.1) is 18.6 Å². The van der Waals surface area contributed by atoms with Crippen molar-refractivity contribution in [2.24, 2.45) is 0 Å². The van der Waals surface area contributed by atoms with Crippen LogP contribution in [0.5, 0.6) is 5.75 Å². The Bertz CT molecular complexity index is 1090. The molecule has 5 nitrogen and oxygen atoms in total. The van der Waals surface area contributed by atoms with Crippen LogP contribution in [-0.2, 0) is 14.3 Å². The molecule has 1 aromatic heterocycles. The van der Waals surface area contributed by atoms with Gasteiger partial charge < -0.3 is 14.8 Å². The van der Waals surface area contributed by atoms with Crippen LogP contribution in [0.25, 0.3) is 0 Å². The van der Waals surface area contributed by atoms with Crippen LogP contribution in [0.4, 0.5) is 0 Å². The van der Waals surface area contributed by atoms with Crippen molar-refractivity contribution in [3.8, 4) is 5.75 Å². The number of allylic oxidation sites excluding steroid dienone is 3. The number of dihydropyridines is 1. The fraction of sp³-hybridized carbons (Fsp3) is 0.385. The molecule has 2 aliphatic rings. The van der Waals surface area contributed by atoms with Gasteiger partial charge in [0, 0.05) is 39.9 Å². The van der Waals surface area contributed by atoms with Crippen molar-refractivity contribution in [3.05, 3.63) is 74.8 Å². The maximum atomic E-state index is 13.6. The van der Waals surface area contributed by atoms with Crippen molar-refractivity contribution in [1.29, 1.82) is 0 Å². The number of nitrogens with one attached hydrogen (secondary N) is 1. The Labute approximate surface area is 203 Å². The van der Waals surface area contributed by atoms with Gasteiger partial charge >= 0.3 is 5.97 Å². The highest BCUT2D eigenvalue weighted by molar-refractivity contribution is 7.99. The van der Waals surface area contributed by atoms with Crippen LogP contribution in [0.2, 0.25) is 0 Å². The van der Waals surface area contributed by atoms with E-state index in [9.17, 15) is 9.59 Å². The van der Waals surface area contributed by atoms with Crippen LogP contribution in [0.1, 0.15) is 49.0 Å². The van der Waals surface area contributed by atoms with Crippen LogP contribution in [-0.4, -0.2) is 37.0 Å². The third-order valence-corrected chi connectivity index (χ3v) is 7.92. The first kappa shape index (κ1) is 23.6. The number of thiophene rings is 1. The fourth-order valence-corrected chi connectivity index (χ4v) is 6.02. The van der Waals surface area contributed by atoms with Gasteiger partial charge in [0.25, 0.3) is 0 Å². The minimum atomic E-state index is -0.390. The fourth-order valence-electron chi connectivity index (χ4n) is 4.69. The summed E-state index contributed by atoms with van der Waals surface area (Å²) in [5.74, 6) is 1.90. The molecule has 33 heavy (non-hydrogen) atoms. The Hall–Kier alpha value is -2.51. The zero-order chi connectivity index (χ0) is 23.4. The van der Waals surface area contributed by atoms with E-state index in [-0.39, 0.29) is 17.7 Å². The molecule has 2 heterocycles. The summed E-state index contributed by atoms with van der Waals surface area (Å²) in [4.78, 5) is 27.7. The Morgan fingerprint density at radius 1 is 1.21 bits per heavy atom. The predicted octanol–water partition coefficient (Wildman–Crippen LogP) is 5.41. The van der Waals surface area contributed by atoms with Crippen molar-refractivity contribution in [3.63, 3.8) is 0 Å². The van der Waals surface area contributed by atoms with Crippen LogP contribution in [0.15, 0.2) is 64.3 Å². The lowest BCUT2D eigenvalue weighted by atomic mass is 9.73. The number of benzene rings is 1. The summed E-state index contributed by atoms with van der Waals surface area (Å²) in [5.41, 5.74) is 3.94.